The molecule has 0 aliphatic rings. The average molecular weight is 644 g/mol. The number of benzene rings is 4. The molecule has 11 heteroatoms. The second-order valence-corrected chi connectivity index (χ2v) is 14.9. The second-order valence-electron chi connectivity index (χ2n) is 11.3. The van der Waals surface area contributed by atoms with E-state index in [-0.39, 0.29) is 4.90 Å². The monoisotopic (exact) mass is 643 g/mol. The lowest BCUT2D eigenvalue weighted by molar-refractivity contribution is 0.404. The molecular formula is C34H37N5O4S2. The minimum absolute atomic E-state index is 0.226. The van der Waals surface area contributed by atoms with Crippen molar-refractivity contribution in [3.8, 4) is 0 Å². The fourth-order valence-electron chi connectivity index (χ4n) is 5.23. The Kier molecular flexibility index (Phi) is 9.17. The van der Waals surface area contributed by atoms with Gasteiger partial charge in [0, 0.05) is 41.9 Å². The highest BCUT2D eigenvalue weighted by Crippen LogP contribution is 2.28. The van der Waals surface area contributed by atoms with Crippen molar-refractivity contribution in [2.24, 2.45) is 0 Å². The molecule has 0 fully saturated rings. The van der Waals surface area contributed by atoms with Crippen LogP contribution < -0.4 is 5.73 Å². The van der Waals surface area contributed by atoms with Gasteiger partial charge in [0.05, 0.1) is 20.8 Å². The highest BCUT2D eigenvalue weighted by Gasteiger charge is 2.22. The van der Waals surface area contributed by atoms with Gasteiger partial charge in [-0.1, -0.05) is 54.6 Å². The maximum atomic E-state index is 13.0. The summed E-state index contributed by atoms with van der Waals surface area (Å²) in [5, 5.41) is 1.91. The number of hydrogen-bond acceptors (Lipinski definition) is 7. The molecule has 0 amide bonds. The fraction of sp³-hybridized carbons (Fsp3) is 0.176. The molecule has 0 spiro atoms. The molecule has 0 saturated carbocycles. The van der Waals surface area contributed by atoms with E-state index >= 15 is 0 Å². The molecule has 0 aliphatic carbocycles. The first-order valence-electron chi connectivity index (χ1n) is 14.3. The first kappa shape index (κ1) is 32.0. The molecule has 6 rings (SSSR count). The van der Waals surface area contributed by atoms with Crippen molar-refractivity contribution in [1.29, 1.82) is 0 Å². The molecule has 0 atom stereocenters. The Hall–Kier alpha value is -4.42. The molecule has 4 aromatic carbocycles. The smallest absolute Gasteiger partial charge is 0.268 e. The van der Waals surface area contributed by atoms with E-state index in [1.54, 1.807) is 48.8 Å². The van der Waals surface area contributed by atoms with E-state index < -0.39 is 20.0 Å². The SMILES string of the molecule is CN(C)Cc1cn(S(=O)(=O)c2ccc(N)cc2)c2ccccc12.CN(C)Cc1cn(S(=O)(=O)c2ccccc2)c2ccccc12. The molecule has 45 heavy (non-hydrogen) atoms. The molecule has 0 saturated heterocycles. The zero-order chi connectivity index (χ0) is 32.4. The number of para-hydroxylation sites is 2. The molecule has 2 N–H and O–H groups in total. The highest BCUT2D eigenvalue weighted by molar-refractivity contribution is 7.90. The van der Waals surface area contributed by atoms with Gasteiger partial charge < -0.3 is 15.5 Å². The van der Waals surface area contributed by atoms with Crippen LogP contribution in [0.4, 0.5) is 5.69 Å². The van der Waals surface area contributed by atoms with Crippen LogP contribution in [0, 0.1) is 0 Å². The van der Waals surface area contributed by atoms with Crippen LogP contribution in [0.2, 0.25) is 0 Å². The van der Waals surface area contributed by atoms with E-state index in [9.17, 15) is 16.8 Å². The maximum Gasteiger partial charge on any atom is 0.268 e. The number of fused-ring (bicyclic) bond motifs is 2. The summed E-state index contributed by atoms with van der Waals surface area (Å²) in [4.78, 5) is 4.57. The third-order valence-corrected chi connectivity index (χ3v) is 10.6. The molecule has 0 aliphatic heterocycles. The van der Waals surface area contributed by atoms with E-state index in [0.29, 0.717) is 34.7 Å². The van der Waals surface area contributed by atoms with E-state index in [4.69, 9.17) is 5.73 Å². The van der Waals surface area contributed by atoms with Gasteiger partial charge in [0.15, 0.2) is 0 Å². The number of nitrogens with two attached hydrogens (primary N) is 1. The number of aromatic nitrogens is 2. The first-order valence-corrected chi connectivity index (χ1v) is 17.2. The Morgan fingerprint density at radius 1 is 0.533 bits per heavy atom. The zero-order valence-corrected chi connectivity index (χ0v) is 27.3. The number of anilines is 1. The number of nitrogens with zero attached hydrogens (tertiary/aromatic N) is 4. The Morgan fingerprint density at radius 3 is 1.33 bits per heavy atom. The molecule has 9 nitrogen and oxygen atoms in total. The van der Waals surface area contributed by atoms with Crippen LogP contribution in [0.3, 0.4) is 0 Å². The van der Waals surface area contributed by atoms with Crippen LogP contribution in [0.25, 0.3) is 21.8 Å². The van der Waals surface area contributed by atoms with Gasteiger partial charge in [-0.05, 0) is 87.8 Å². The molecule has 6 aromatic rings. The van der Waals surface area contributed by atoms with Gasteiger partial charge in [-0.2, -0.15) is 0 Å². The zero-order valence-electron chi connectivity index (χ0n) is 25.7. The number of hydrogen-bond donors (Lipinski definition) is 1. The van der Waals surface area contributed by atoms with Crippen molar-refractivity contribution in [3.05, 3.63) is 127 Å². The van der Waals surface area contributed by atoms with Crippen molar-refractivity contribution in [2.75, 3.05) is 33.9 Å². The topological polar surface area (TPSA) is 111 Å². The van der Waals surface area contributed by atoms with Crippen LogP contribution in [0.15, 0.2) is 125 Å². The van der Waals surface area contributed by atoms with E-state index in [2.05, 4.69) is 0 Å². The third kappa shape index (κ3) is 6.66. The quantitative estimate of drug-likeness (QED) is 0.219. The summed E-state index contributed by atoms with van der Waals surface area (Å²) in [7, 11) is 0.621. The summed E-state index contributed by atoms with van der Waals surface area (Å²) in [5.41, 5.74) is 9.56. The van der Waals surface area contributed by atoms with Crippen LogP contribution in [0.5, 0.6) is 0 Å². The normalized spacial score (nSPS) is 12.1. The van der Waals surface area contributed by atoms with Crippen molar-refractivity contribution < 1.29 is 16.8 Å². The Labute approximate surface area is 264 Å². The second kappa shape index (κ2) is 12.9. The minimum atomic E-state index is -3.65. The van der Waals surface area contributed by atoms with Crippen molar-refractivity contribution in [2.45, 2.75) is 22.9 Å². The van der Waals surface area contributed by atoms with Gasteiger partial charge in [0.1, 0.15) is 0 Å². The van der Waals surface area contributed by atoms with Gasteiger partial charge in [-0.15, -0.1) is 0 Å². The molecule has 234 valence electrons. The molecule has 2 aromatic heterocycles. The van der Waals surface area contributed by atoms with Crippen LogP contribution in [-0.4, -0.2) is 62.8 Å². The first-order chi connectivity index (χ1) is 21.4. The molecule has 2 heterocycles. The van der Waals surface area contributed by atoms with Crippen LogP contribution >= 0.6 is 0 Å². The molecule has 0 bridgehead atoms. The Morgan fingerprint density at radius 2 is 0.911 bits per heavy atom. The summed E-state index contributed by atoms with van der Waals surface area (Å²) in [6.07, 6.45) is 3.43. The summed E-state index contributed by atoms with van der Waals surface area (Å²) < 4.78 is 54.5. The maximum absolute atomic E-state index is 13.0. The van der Waals surface area contributed by atoms with Crippen molar-refractivity contribution >= 4 is 47.5 Å². The summed E-state index contributed by atoms with van der Waals surface area (Å²) in [6.45, 7) is 1.36. The van der Waals surface area contributed by atoms with Gasteiger partial charge in [-0.3, -0.25) is 0 Å². The molecule has 0 radical (unpaired) electrons. The third-order valence-electron chi connectivity index (χ3n) is 7.23. The van der Waals surface area contributed by atoms with E-state index in [1.165, 1.54) is 20.1 Å². The lowest BCUT2D eigenvalue weighted by Gasteiger charge is -2.08. The lowest BCUT2D eigenvalue weighted by atomic mass is 10.2. The van der Waals surface area contributed by atoms with Crippen LogP contribution in [-0.2, 0) is 33.1 Å². The number of nitrogen functional groups attached to an aromatic ring is 1. The van der Waals surface area contributed by atoms with Crippen molar-refractivity contribution in [3.63, 3.8) is 0 Å². The summed E-state index contributed by atoms with van der Waals surface area (Å²) in [5.74, 6) is 0. The Balaban J connectivity index is 0.000000178. The number of rotatable bonds is 8. The lowest BCUT2D eigenvalue weighted by Crippen LogP contribution is -2.13. The predicted octanol–water partition coefficient (Wildman–Crippen LogP) is 5.46. The van der Waals surface area contributed by atoms with E-state index in [1.807, 2.05) is 92.6 Å². The standard InChI is InChI=1S/C17H19N3O2S.C17H18N2O2S/c1-19(2)11-13-12-20(17-6-4-3-5-16(13)17)23(21,22)15-9-7-14(18)8-10-15;1-18(2)12-14-13-19(17-11-7-6-10-16(14)17)22(20,21)15-8-4-3-5-9-15/h3-10,12H,11,18H2,1-2H3;3-11,13H,12H2,1-2H3. The fourth-order valence-corrected chi connectivity index (χ4v) is 8.03. The largest absolute Gasteiger partial charge is 0.399 e. The predicted molar refractivity (Wildman–Crippen MR) is 181 cm³/mol. The van der Waals surface area contributed by atoms with Gasteiger partial charge in [0.25, 0.3) is 20.0 Å². The summed E-state index contributed by atoms with van der Waals surface area (Å²) >= 11 is 0. The van der Waals surface area contributed by atoms with Crippen molar-refractivity contribution in [1.82, 2.24) is 17.7 Å². The van der Waals surface area contributed by atoms with Gasteiger partial charge in [0.2, 0.25) is 0 Å². The minimum Gasteiger partial charge on any atom is -0.399 e. The summed E-state index contributed by atoms with van der Waals surface area (Å²) in [6, 6.07) is 29.9. The highest BCUT2D eigenvalue weighted by atomic mass is 32.2. The van der Waals surface area contributed by atoms with Crippen LogP contribution in [0.1, 0.15) is 11.1 Å². The molecular weight excluding hydrogens is 607 g/mol. The van der Waals surface area contributed by atoms with Gasteiger partial charge in [-0.25, -0.2) is 24.8 Å². The van der Waals surface area contributed by atoms with E-state index in [0.717, 1.165) is 21.9 Å². The Bertz CT molecular complexity index is 2150. The van der Waals surface area contributed by atoms with Gasteiger partial charge >= 0.3 is 0 Å². The average Bonchev–Trinajstić information content (AvgIpc) is 3.57. The molecule has 0 unspecified atom stereocenters.